The number of nitrogens with one attached hydrogen (secondary N) is 1. The zero-order chi connectivity index (χ0) is 16.5. The quantitative estimate of drug-likeness (QED) is 0.639. The van der Waals surface area contributed by atoms with Crippen molar-refractivity contribution in [3.63, 3.8) is 0 Å². The van der Waals surface area contributed by atoms with Crippen LogP contribution in [-0.4, -0.2) is 23.0 Å². The zero-order valence-corrected chi connectivity index (χ0v) is 12.2. The molecule has 1 heterocycles. The van der Waals surface area contributed by atoms with E-state index in [4.69, 9.17) is 20.0 Å². The van der Waals surface area contributed by atoms with Gasteiger partial charge in [0.25, 0.3) is 0 Å². The number of ether oxygens (including phenoxy) is 2. The van der Waals surface area contributed by atoms with Crippen LogP contribution in [0.2, 0.25) is 0 Å². The van der Waals surface area contributed by atoms with Gasteiger partial charge in [0.05, 0.1) is 12.8 Å². The van der Waals surface area contributed by atoms with Crippen molar-refractivity contribution in [3.8, 4) is 23.6 Å². The van der Waals surface area contributed by atoms with Crippen LogP contribution in [-0.2, 0) is 6.61 Å². The van der Waals surface area contributed by atoms with Gasteiger partial charge in [0, 0.05) is 12.3 Å². The maximum Gasteiger partial charge on any atom is 0.237 e. The number of hydrogen-bond donors (Lipinski definition) is 1. The van der Waals surface area contributed by atoms with Gasteiger partial charge in [-0.25, -0.2) is 0 Å². The molecule has 23 heavy (non-hydrogen) atoms. The molecule has 0 unspecified atom stereocenters. The van der Waals surface area contributed by atoms with E-state index in [0.29, 0.717) is 22.9 Å². The van der Waals surface area contributed by atoms with Crippen LogP contribution in [0.3, 0.4) is 0 Å². The van der Waals surface area contributed by atoms with Crippen molar-refractivity contribution in [2.24, 2.45) is 5.10 Å². The number of nitriles is 2. The molecule has 1 aromatic carbocycles. The van der Waals surface area contributed by atoms with Gasteiger partial charge < -0.3 is 9.47 Å². The van der Waals surface area contributed by atoms with Crippen molar-refractivity contribution in [1.29, 1.82) is 10.5 Å². The standard InChI is InChI=1S/C15H12N6O2/c1-22-15-7-11(20-21-13(8-16)9-17)4-5-14(15)23-10-12-3-2-6-18-19-12/h2-7,20H,10H2,1H3. The second-order valence-electron chi connectivity index (χ2n) is 4.17. The molecule has 0 saturated carbocycles. The Morgan fingerprint density at radius 1 is 1.26 bits per heavy atom. The largest absolute Gasteiger partial charge is 0.493 e. The highest BCUT2D eigenvalue weighted by Crippen LogP contribution is 2.30. The summed E-state index contributed by atoms with van der Waals surface area (Å²) in [5.74, 6) is 0.998. The average molecular weight is 308 g/mol. The van der Waals surface area contributed by atoms with Gasteiger partial charge in [-0.15, -0.1) is 0 Å². The molecule has 0 aliphatic carbocycles. The summed E-state index contributed by atoms with van der Waals surface area (Å²) in [6.45, 7) is 0.252. The van der Waals surface area contributed by atoms with Crippen LogP contribution < -0.4 is 14.9 Å². The predicted molar refractivity (Wildman–Crippen MR) is 81.6 cm³/mol. The zero-order valence-electron chi connectivity index (χ0n) is 12.2. The van der Waals surface area contributed by atoms with E-state index in [2.05, 4.69) is 20.7 Å². The molecule has 2 aromatic rings. The second kappa shape index (κ2) is 7.96. The summed E-state index contributed by atoms with van der Waals surface area (Å²) in [6, 6.07) is 11.9. The summed E-state index contributed by atoms with van der Waals surface area (Å²) in [7, 11) is 1.51. The van der Waals surface area contributed by atoms with E-state index in [0.717, 1.165) is 0 Å². The molecular formula is C15H12N6O2. The minimum absolute atomic E-state index is 0.252. The molecule has 8 heteroatoms. The number of hydrogen-bond acceptors (Lipinski definition) is 8. The predicted octanol–water partition coefficient (Wildman–Crippen LogP) is 1.88. The molecule has 0 spiro atoms. The summed E-state index contributed by atoms with van der Waals surface area (Å²) in [5.41, 5.74) is 3.58. The Morgan fingerprint density at radius 3 is 2.74 bits per heavy atom. The number of benzene rings is 1. The molecule has 0 atom stereocenters. The first-order valence-corrected chi connectivity index (χ1v) is 6.48. The molecule has 0 saturated heterocycles. The lowest BCUT2D eigenvalue weighted by Crippen LogP contribution is -2.01. The minimum Gasteiger partial charge on any atom is -0.493 e. The fourth-order valence-electron chi connectivity index (χ4n) is 1.61. The Balaban J connectivity index is 2.09. The lowest BCUT2D eigenvalue weighted by molar-refractivity contribution is 0.279. The third kappa shape index (κ3) is 4.41. The molecule has 0 aliphatic heterocycles. The lowest BCUT2D eigenvalue weighted by atomic mass is 10.3. The van der Waals surface area contributed by atoms with Gasteiger partial charge in [-0.2, -0.15) is 25.8 Å². The van der Waals surface area contributed by atoms with Gasteiger partial charge in [0.15, 0.2) is 11.5 Å². The Kier molecular flexibility index (Phi) is 5.44. The highest BCUT2D eigenvalue weighted by molar-refractivity contribution is 6.10. The van der Waals surface area contributed by atoms with E-state index in [-0.39, 0.29) is 12.3 Å². The molecule has 0 amide bonds. The summed E-state index contributed by atoms with van der Waals surface area (Å²) < 4.78 is 10.9. The molecule has 8 nitrogen and oxygen atoms in total. The van der Waals surface area contributed by atoms with Gasteiger partial charge in [0.2, 0.25) is 5.71 Å². The molecule has 0 fully saturated rings. The first-order valence-electron chi connectivity index (χ1n) is 6.48. The van der Waals surface area contributed by atoms with Gasteiger partial charge >= 0.3 is 0 Å². The number of rotatable bonds is 6. The van der Waals surface area contributed by atoms with Gasteiger partial charge in [0.1, 0.15) is 24.4 Å². The Morgan fingerprint density at radius 2 is 2.09 bits per heavy atom. The monoisotopic (exact) mass is 308 g/mol. The van der Waals surface area contributed by atoms with Crippen LogP contribution >= 0.6 is 0 Å². The van der Waals surface area contributed by atoms with E-state index in [1.165, 1.54) is 7.11 Å². The van der Waals surface area contributed by atoms with Crippen LogP contribution in [0, 0.1) is 22.7 Å². The van der Waals surface area contributed by atoms with Crippen molar-refractivity contribution in [1.82, 2.24) is 10.2 Å². The van der Waals surface area contributed by atoms with Gasteiger partial charge in [-0.3, -0.25) is 5.43 Å². The minimum atomic E-state index is -0.271. The second-order valence-corrected chi connectivity index (χ2v) is 4.17. The van der Waals surface area contributed by atoms with Crippen LogP contribution in [0.4, 0.5) is 5.69 Å². The van der Waals surface area contributed by atoms with Gasteiger partial charge in [-0.1, -0.05) is 0 Å². The highest BCUT2D eigenvalue weighted by atomic mass is 16.5. The number of aromatic nitrogens is 2. The van der Waals surface area contributed by atoms with E-state index < -0.39 is 0 Å². The van der Waals surface area contributed by atoms with Crippen LogP contribution in [0.25, 0.3) is 0 Å². The summed E-state index contributed by atoms with van der Waals surface area (Å²) in [6.07, 6.45) is 1.59. The van der Waals surface area contributed by atoms with Crippen molar-refractivity contribution in [2.75, 3.05) is 12.5 Å². The molecule has 114 valence electrons. The molecule has 1 N–H and O–H groups in total. The molecule has 0 bridgehead atoms. The van der Waals surface area contributed by atoms with E-state index in [1.54, 1.807) is 48.7 Å². The topological polar surface area (TPSA) is 116 Å². The third-order valence-corrected chi connectivity index (χ3v) is 2.68. The molecule has 1 aromatic heterocycles. The van der Waals surface area contributed by atoms with Crippen molar-refractivity contribution >= 4 is 11.4 Å². The molecular weight excluding hydrogens is 296 g/mol. The molecule has 0 aliphatic rings. The molecule has 0 radical (unpaired) electrons. The highest BCUT2D eigenvalue weighted by Gasteiger charge is 2.07. The van der Waals surface area contributed by atoms with Crippen molar-refractivity contribution < 1.29 is 9.47 Å². The number of hydrazone groups is 1. The Hall–Kier alpha value is -3.65. The first-order chi connectivity index (χ1) is 11.3. The summed E-state index contributed by atoms with van der Waals surface area (Å²) in [5, 5.41) is 28.6. The van der Waals surface area contributed by atoms with Gasteiger partial charge in [-0.05, 0) is 24.3 Å². The fourth-order valence-corrected chi connectivity index (χ4v) is 1.61. The van der Waals surface area contributed by atoms with Crippen molar-refractivity contribution in [3.05, 3.63) is 42.2 Å². The number of methoxy groups -OCH3 is 1. The number of nitrogens with zero attached hydrogens (tertiary/aromatic N) is 5. The summed E-state index contributed by atoms with van der Waals surface area (Å²) in [4.78, 5) is 0. The summed E-state index contributed by atoms with van der Waals surface area (Å²) >= 11 is 0. The smallest absolute Gasteiger partial charge is 0.237 e. The van der Waals surface area contributed by atoms with Crippen LogP contribution in [0.1, 0.15) is 5.69 Å². The van der Waals surface area contributed by atoms with E-state index in [9.17, 15) is 0 Å². The molecule has 2 rings (SSSR count). The van der Waals surface area contributed by atoms with Crippen LogP contribution in [0.15, 0.2) is 41.6 Å². The SMILES string of the molecule is COc1cc(NN=C(C#N)C#N)ccc1OCc1cccnn1. The van der Waals surface area contributed by atoms with Crippen LogP contribution in [0.5, 0.6) is 11.5 Å². The lowest BCUT2D eigenvalue weighted by Gasteiger charge is -2.11. The maximum atomic E-state index is 8.63. The normalized spacial score (nSPS) is 9.17. The fraction of sp³-hybridized carbons (Fsp3) is 0.133. The van der Waals surface area contributed by atoms with E-state index in [1.807, 2.05) is 0 Å². The first kappa shape index (κ1) is 15.7. The Labute approximate surface area is 132 Å². The van der Waals surface area contributed by atoms with Crippen molar-refractivity contribution in [2.45, 2.75) is 6.61 Å². The third-order valence-electron chi connectivity index (χ3n) is 2.68. The average Bonchev–Trinajstić information content (AvgIpc) is 2.62. The number of anilines is 1. The maximum absolute atomic E-state index is 8.63. The Bertz CT molecular complexity index is 761. The van der Waals surface area contributed by atoms with E-state index >= 15 is 0 Å².